The van der Waals surface area contributed by atoms with Crippen molar-refractivity contribution in [1.29, 1.82) is 0 Å². The van der Waals surface area contributed by atoms with Crippen molar-refractivity contribution in [1.82, 2.24) is 5.32 Å². The van der Waals surface area contributed by atoms with Crippen LogP contribution < -0.4 is 10.0 Å². The molecule has 0 unspecified atom stereocenters. The summed E-state index contributed by atoms with van der Waals surface area (Å²) in [6.07, 6.45) is 10.4. The Balaban J connectivity index is 1.55. The van der Waals surface area contributed by atoms with Crippen molar-refractivity contribution in [3.63, 3.8) is 0 Å². The van der Waals surface area contributed by atoms with E-state index in [4.69, 9.17) is 0 Å². The number of nitrogens with one attached hydrogen (secondary N) is 1. The monoisotopic (exact) mass is 314 g/mol. The third-order valence-electron chi connectivity index (χ3n) is 6.60. The molecule has 4 bridgehead atoms. The summed E-state index contributed by atoms with van der Waals surface area (Å²) in [7, 11) is 0. The van der Waals surface area contributed by atoms with Crippen LogP contribution in [0.4, 0.5) is 0 Å². The molecule has 1 atom stereocenters. The Morgan fingerprint density at radius 1 is 1.26 bits per heavy atom. The quantitative estimate of drug-likeness (QED) is 0.686. The molecule has 1 aromatic heterocycles. The van der Waals surface area contributed by atoms with Crippen LogP contribution in [0.25, 0.3) is 0 Å². The Kier molecular flexibility index (Phi) is 3.58. The first kappa shape index (κ1) is 15.0. The molecule has 4 aliphatic carbocycles. The Hall–Kier alpha value is -1.58. The van der Waals surface area contributed by atoms with Crippen molar-refractivity contribution < 1.29 is 9.52 Å². The highest BCUT2D eigenvalue weighted by Gasteiger charge is 2.54. The average Bonchev–Trinajstić information content (AvgIpc) is 2.51. The molecule has 5 rings (SSSR count). The number of carbonyl (C=O) groups is 1. The number of amides is 1. The molecular formula is C19H26N2O2. The number of aromatic nitrogens is 1. The van der Waals surface area contributed by atoms with Crippen LogP contribution in [0.2, 0.25) is 0 Å². The molecule has 0 aliphatic heterocycles. The molecule has 0 spiro atoms. The molecule has 4 aliphatic rings. The van der Waals surface area contributed by atoms with Gasteiger partial charge in [0.15, 0.2) is 6.20 Å². The zero-order valence-electron chi connectivity index (χ0n) is 13.8. The zero-order valence-corrected chi connectivity index (χ0v) is 13.8. The first-order valence-electron chi connectivity index (χ1n) is 9.08. The second kappa shape index (κ2) is 5.50. The van der Waals surface area contributed by atoms with Crippen LogP contribution in [0, 0.1) is 28.4 Å². The van der Waals surface area contributed by atoms with E-state index < -0.39 is 0 Å². The summed E-state index contributed by atoms with van der Waals surface area (Å²) in [4.78, 5) is 12.6. The highest BCUT2D eigenvalue weighted by atomic mass is 16.5. The van der Waals surface area contributed by atoms with Gasteiger partial charge in [0.05, 0.1) is 0 Å². The van der Waals surface area contributed by atoms with Gasteiger partial charge < -0.3 is 10.5 Å². The minimum absolute atomic E-state index is 0.198. The lowest BCUT2D eigenvalue weighted by atomic mass is 9.47. The average molecular weight is 314 g/mol. The number of carbonyl (C=O) groups excluding carboxylic acids is 1. The summed E-state index contributed by atoms with van der Waals surface area (Å²) in [5.74, 6) is 2.39. The lowest BCUT2D eigenvalue weighted by Crippen LogP contribution is -2.57. The predicted octanol–water partition coefficient (Wildman–Crippen LogP) is 3.04. The van der Waals surface area contributed by atoms with Crippen LogP contribution in [0.1, 0.15) is 62.4 Å². The van der Waals surface area contributed by atoms with E-state index in [1.165, 1.54) is 44.7 Å². The van der Waals surface area contributed by atoms with Gasteiger partial charge in [-0.25, -0.2) is 0 Å². The topological polar surface area (TPSA) is 56.0 Å². The lowest BCUT2D eigenvalue weighted by molar-refractivity contribution is -0.607. The number of hydrogen-bond acceptors (Lipinski definition) is 2. The smallest absolute Gasteiger partial charge is 0.317 e. The maximum absolute atomic E-state index is 12.6. The van der Waals surface area contributed by atoms with Gasteiger partial charge in [-0.15, -0.1) is 0 Å². The van der Waals surface area contributed by atoms with Crippen LogP contribution in [0.5, 0.6) is 0 Å². The number of pyridine rings is 1. The Morgan fingerprint density at radius 2 is 1.87 bits per heavy atom. The van der Waals surface area contributed by atoms with Crippen LogP contribution in [0.3, 0.4) is 0 Å². The van der Waals surface area contributed by atoms with Crippen LogP contribution in [0.15, 0.2) is 24.4 Å². The SMILES string of the molecule is CC[C@H](NC(=O)c1cccc[n+]1[O-])C12CC3CC(CC(C3)C1)C2. The normalized spacial score (nSPS) is 36.0. The highest BCUT2D eigenvalue weighted by molar-refractivity contribution is 5.91. The second-order valence-corrected chi connectivity index (χ2v) is 8.13. The van der Waals surface area contributed by atoms with Crippen molar-refractivity contribution in [2.45, 2.75) is 57.9 Å². The molecule has 1 heterocycles. The van der Waals surface area contributed by atoms with E-state index in [2.05, 4.69) is 12.2 Å². The van der Waals surface area contributed by atoms with Gasteiger partial charge in [0, 0.05) is 18.2 Å². The van der Waals surface area contributed by atoms with E-state index in [1.54, 1.807) is 18.2 Å². The summed E-state index contributed by atoms with van der Waals surface area (Å²) < 4.78 is 0.668. The third-order valence-corrected chi connectivity index (χ3v) is 6.60. The summed E-state index contributed by atoms with van der Waals surface area (Å²) in [5, 5.41) is 15.1. The molecule has 124 valence electrons. The molecule has 4 fully saturated rings. The summed E-state index contributed by atoms with van der Waals surface area (Å²) in [6.45, 7) is 2.17. The van der Waals surface area contributed by atoms with Crippen LogP contribution >= 0.6 is 0 Å². The molecular weight excluding hydrogens is 288 g/mol. The number of nitrogens with zero attached hydrogens (tertiary/aromatic N) is 1. The maximum atomic E-state index is 12.6. The fourth-order valence-corrected chi connectivity index (χ4v) is 6.13. The van der Waals surface area contributed by atoms with Crippen LogP contribution in [-0.4, -0.2) is 11.9 Å². The summed E-state index contributed by atoms with van der Waals surface area (Å²) >= 11 is 0. The standard InChI is InChI=1S/C19H26N2O2/c1-2-17(20-18(22)16-5-3-4-6-21(16)23)19-10-13-7-14(11-19)9-15(8-13)12-19/h3-6,13-15,17H,2,7-12H2,1H3,(H,20,22)/t13?,14?,15?,17-,19?/m0/s1. The summed E-state index contributed by atoms with van der Waals surface area (Å²) in [6, 6.07) is 5.20. The molecule has 4 heteroatoms. The van der Waals surface area contributed by atoms with Gasteiger partial charge in [-0.1, -0.05) is 6.92 Å². The van der Waals surface area contributed by atoms with Gasteiger partial charge in [0.25, 0.3) is 5.69 Å². The van der Waals surface area contributed by atoms with Crippen molar-refractivity contribution in [3.05, 3.63) is 35.3 Å². The van der Waals surface area contributed by atoms with E-state index in [9.17, 15) is 10.0 Å². The molecule has 4 saturated carbocycles. The molecule has 1 amide bonds. The van der Waals surface area contributed by atoms with Gasteiger partial charge in [-0.2, -0.15) is 4.73 Å². The van der Waals surface area contributed by atoms with Gasteiger partial charge in [0.1, 0.15) is 0 Å². The van der Waals surface area contributed by atoms with E-state index in [1.807, 2.05) is 0 Å². The molecule has 1 aromatic rings. The second-order valence-electron chi connectivity index (χ2n) is 8.13. The Bertz CT molecular complexity index is 578. The van der Waals surface area contributed by atoms with Crippen LogP contribution in [-0.2, 0) is 0 Å². The van der Waals surface area contributed by atoms with Gasteiger partial charge >= 0.3 is 5.91 Å². The third kappa shape index (κ3) is 2.52. The number of rotatable bonds is 4. The largest absolute Gasteiger partial charge is 0.618 e. The molecule has 4 nitrogen and oxygen atoms in total. The lowest BCUT2D eigenvalue weighted by Gasteiger charge is -2.59. The van der Waals surface area contributed by atoms with Gasteiger partial charge in [-0.3, -0.25) is 4.79 Å². The van der Waals surface area contributed by atoms with E-state index in [0.29, 0.717) is 4.73 Å². The summed E-state index contributed by atoms with van der Waals surface area (Å²) in [5.41, 5.74) is 0.484. The van der Waals surface area contributed by atoms with E-state index in [0.717, 1.165) is 24.2 Å². The van der Waals surface area contributed by atoms with E-state index in [-0.39, 0.29) is 23.1 Å². The van der Waals surface area contributed by atoms with Gasteiger partial charge in [-0.05, 0) is 74.2 Å². The van der Waals surface area contributed by atoms with Crippen molar-refractivity contribution in [2.75, 3.05) is 0 Å². The molecule has 23 heavy (non-hydrogen) atoms. The number of hydrogen-bond donors (Lipinski definition) is 1. The fourth-order valence-electron chi connectivity index (χ4n) is 6.13. The first-order chi connectivity index (χ1) is 11.1. The fraction of sp³-hybridized carbons (Fsp3) is 0.684. The molecule has 0 radical (unpaired) electrons. The Morgan fingerprint density at radius 3 is 2.39 bits per heavy atom. The predicted molar refractivity (Wildman–Crippen MR) is 87.6 cm³/mol. The van der Waals surface area contributed by atoms with Crippen molar-refractivity contribution in [3.8, 4) is 0 Å². The minimum Gasteiger partial charge on any atom is -0.618 e. The molecule has 0 saturated heterocycles. The van der Waals surface area contributed by atoms with Gasteiger partial charge in [0.2, 0.25) is 0 Å². The molecule has 0 aromatic carbocycles. The van der Waals surface area contributed by atoms with Crippen molar-refractivity contribution >= 4 is 5.91 Å². The molecule has 1 N–H and O–H groups in total. The first-order valence-corrected chi connectivity index (χ1v) is 9.08. The maximum Gasteiger partial charge on any atom is 0.317 e. The minimum atomic E-state index is -0.219. The van der Waals surface area contributed by atoms with E-state index >= 15 is 0 Å². The van der Waals surface area contributed by atoms with Crippen molar-refractivity contribution in [2.24, 2.45) is 23.2 Å². The zero-order chi connectivity index (χ0) is 16.0. The highest BCUT2D eigenvalue weighted by Crippen LogP contribution is 2.61. The Labute approximate surface area is 137 Å².